The highest BCUT2D eigenvalue weighted by atomic mass is 35.5. The number of nitrogens with zero attached hydrogens (tertiary/aromatic N) is 2. The number of terminal acetylenes is 1. The Morgan fingerprint density at radius 2 is 2.03 bits per heavy atom. The Kier molecular flexibility index (Phi) is 9.26. The summed E-state index contributed by atoms with van der Waals surface area (Å²) in [4.78, 5) is 8.28. The summed E-state index contributed by atoms with van der Waals surface area (Å²) in [7, 11) is 1.54. The zero-order chi connectivity index (χ0) is 26.5. The van der Waals surface area contributed by atoms with E-state index < -0.39 is 0 Å². The van der Waals surface area contributed by atoms with E-state index in [2.05, 4.69) is 37.7 Å². The summed E-state index contributed by atoms with van der Waals surface area (Å²) in [5, 5.41) is 1.53. The van der Waals surface area contributed by atoms with Crippen molar-refractivity contribution in [1.29, 1.82) is 0 Å². The second kappa shape index (κ2) is 12.4. The van der Waals surface area contributed by atoms with E-state index in [1.54, 1.807) is 30.6 Å². The van der Waals surface area contributed by atoms with Gasteiger partial charge in [-0.15, -0.1) is 17.8 Å². The predicted octanol–water partition coefficient (Wildman–Crippen LogP) is 7.88. The van der Waals surface area contributed by atoms with Crippen molar-refractivity contribution in [2.24, 2.45) is 5.92 Å². The quantitative estimate of drug-likeness (QED) is 0.133. The molecule has 1 aromatic heterocycles. The molecule has 0 radical (unpaired) electrons. The molecule has 0 bridgehead atoms. The van der Waals surface area contributed by atoms with Crippen LogP contribution in [0.25, 0.3) is 11.3 Å². The minimum absolute atomic E-state index is 0.0786. The molecular formula is C30H34ClFN2O2S. The van der Waals surface area contributed by atoms with Crippen LogP contribution in [0.2, 0.25) is 5.02 Å². The molecule has 1 aliphatic rings. The van der Waals surface area contributed by atoms with Crippen LogP contribution in [0.4, 0.5) is 9.52 Å². The van der Waals surface area contributed by atoms with Gasteiger partial charge >= 0.3 is 0 Å². The summed E-state index contributed by atoms with van der Waals surface area (Å²) < 4.78 is 25.3. The van der Waals surface area contributed by atoms with Crippen molar-refractivity contribution in [1.82, 2.24) is 4.98 Å². The minimum Gasteiger partial charge on any atom is -0.359 e. The van der Waals surface area contributed by atoms with Gasteiger partial charge in [0.15, 0.2) is 5.13 Å². The Hall–Kier alpha value is -2.43. The van der Waals surface area contributed by atoms with Crippen molar-refractivity contribution in [3.63, 3.8) is 0 Å². The van der Waals surface area contributed by atoms with Gasteiger partial charge in [0, 0.05) is 23.1 Å². The van der Waals surface area contributed by atoms with Crippen molar-refractivity contribution < 1.29 is 13.9 Å². The first-order valence-electron chi connectivity index (χ1n) is 12.7. The maximum Gasteiger partial charge on any atom is 0.187 e. The molecule has 1 fully saturated rings. The van der Waals surface area contributed by atoms with Gasteiger partial charge in [0.2, 0.25) is 0 Å². The van der Waals surface area contributed by atoms with Crippen LogP contribution in [0.5, 0.6) is 0 Å². The Labute approximate surface area is 228 Å². The molecule has 7 heteroatoms. The highest BCUT2D eigenvalue weighted by Crippen LogP contribution is 2.44. The van der Waals surface area contributed by atoms with Gasteiger partial charge in [0.05, 0.1) is 29.9 Å². The lowest BCUT2D eigenvalue weighted by molar-refractivity contribution is -0.0398. The lowest BCUT2D eigenvalue weighted by Crippen LogP contribution is -2.29. The number of rotatable bonds is 12. The van der Waals surface area contributed by atoms with E-state index in [1.165, 1.54) is 24.0 Å². The van der Waals surface area contributed by atoms with Crippen LogP contribution in [0.1, 0.15) is 59.4 Å². The van der Waals surface area contributed by atoms with Crippen molar-refractivity contribution >= 4 is 28.1 Å². The molecule has 0 amide bonds. The summed E-state index contributed by atoms with van der Waals surface area (Å²) in [6, 6.07) is 9.49. The fourth-order valence-electron chi connectivity index (χ4n) is 4.69. The number of aryl methyl sites for hydroxylation is 3. The molecule has 196 valence electrons. The maximum absolute atomic E-state index is 15.1. The predicted molar refractivity (Wildman–Crippen MR) is 151 cm³/mol. The Balaban J connectivity index is 1.70. The number of ether oxygens (including phenoxy) is 2. The van der Waals surface area contributed by atoms with Crippen molar-refractivity contribution in [3.05, 3.63) is 68.3 Å². The van der Waals surface area contributed by atoms with Crippen LogP contribution >= 0.6 is 22.9 Å². The Morgan fingerprint density at radius 1 is 1.24 bits per heavy atom. The Morgan fingerprint density at radius 3 is 2.68 bits per heavy atom. The zero-order valence-corrected chi connectivity index (χ0v) is 23.5. The minimum atomic E-state index is -0.288. The summed E-state index contributed by atoms with van der Waals surface area (Å²) in [6.07, 6.45) is 10.1. The van der Waals surface area contributed by atoms with Crippen molar-refractivity contribution in [2.75, 3.05) is 25.3 Å². The third-order valence-electron chi connectivity index (χ3n) is 6.90. The second-order valence-corrected chi connectivity index (χ2v) is 11.2. The summed E-state index contributed by atoms with van der Waals surface area (Å²) in [5.74, 6) is 3.13. The van der Waals surface area contributed by atoms with Crippen LogP contribution in [-0.4, -0.2) is 25.4 Å². The van der Waals surface area contributed by atoms with Gasteiger partial charge in [-0.05, 0) is 67.5 Å². The van der Waals surface area contributed by atoms with Gasteiger partial charge in [0.25, 0.3) is 0 Å². The number of hydrogen-bond donors (Lipinski definition) is 0. The van der Waals surface area contributed by atoms with E-state index in [0.29, 0.717) is 23.0 Å². The average molecular weight is 541 g/mol. The molecule has 37 heavy (non-hydrogen) atoms. The average Bonchev–Trinajstić information content (AvgIpc) is 3.62. The Bertz CT molecular complexity index is 1280. The maximum atomic E-state index is 15.1. The normalized spacial score (nSPS) is 14.0. The van der Waals surface area contributed by atoms with E-state index in [1.807, 2.05) is 12.1 Å². The molecule has 4 rings (SSSR count). The lowest BCUT2D eigenvalue weighted by Gasteiger charge is -2.31. The smallest absolute Gasteiger partial charge is 0.187 e. The number of aromatic nitrogens is 1. The van der Waals surface area contributed by atoms with Gasteiger partial charge in [-0.1, -0.05) is 49.4 Å². The van der Waals surface area contributed by atoms with E-state index >= 15 is 4.39 Å². The molecule has 1 aliphatic carbocycles. The van der Waals surface area contributed by atoms with Crippen molar-refractivity contribution in [3.8, 4) is 23.6 Å². The summed E-state index contributed by atoms with van der Waals surface area (Å²) in [5.41, 5.74) is 5.64. The molecular weight excluding hydrogens is 507 g/mol. The van der Waals surface area contributed by atoms with Crippen LogP contribution in [0.3, 0.4) is 0 Å². The molecule has 1 heterocycles. The van der Waals surface area contributed by atoms with E-state index in [4.69, 9.17) is 32.5 Å². The van der Waals surface area contributed by atoms with Gasteiger partial charge in [0.1, 0.15) is 12.6 Å². The number of benzene rings is 2. The molecule has 0 spiro atoms. The van der Waals surface area contributed by atoms with Gasteiger partial charge in [-0.25, -0.2) is 9.37 Å². The first kappa shape index (κ1) is 27.6. The molecule has 0 N–H and O–H groups in total. The molecule has 1 saturated carbocycles. The van der Waals surface area contributed by atoms with E-state index in [9.17, 15) is 0 Å². The van der Waals surface area contributed by atoms with Crippen LogP contribution in [0.15, 0.2) is 30.3 Å². The van der Waals surface area contributed by atoms with Crippen LogP contribution in [0, 0.1) is 37.9 Å². The fraction of sp³-hybridized carbons (Fsp3) is 0.433. The fourth-order valence-corrected chi connectivity index (χ4v) is 5.93. The number of methoxy groups -OCH3 is 1. The van der Waals surface area contributed by atoms with E-state index in [0.717, 1.165) is 39.7 Å². The SMILES string of the molecule is C#CCN(c1nc(-c2cc(C)c(CC)cc2Cl)c(C)s1)C(CC1CC1)c1ccc(COCOC)c(F)c1. The number of anilines is 1. The highest BCUT2D eigenvalue weighted by molar-refractivity contribution is 7.16. The molecule has 2 aromatic carbocycles. The summed E-state index contributed by atoms with van der Waals surface area (Å²) >= 11 is 8.31. The zero-order valence-electron chi connectivity index (χ0n) is 21.9. The molecule has 3 aromatic rings. The molecule has 4 nitrogen and oxygen atoms in total. The lowest BCUT2D eigenvalue weighted by atomic mass is 9.98. The van der Waals surface area contributed by atoms with Gasteiger partial charge in [-0.2, -0.15) is 0 Å². The third-order valence-corrected chi connectivity index (χ3v) is 8.23. The first-order chi connectivity index (χ1) is 17.9. The first-order valence-corrected chi connectivity index (χ1v) is 13.9. The van der Waals surface area contributed by atoms with Crippen LogP contribution in [-0.2, 0) is 22.5 Å². The molecule has 0 saturated heterocycles. The molecule has 1 atom stereocenters. The summed E-state index contributed by atoms with van der Waals surface area (Å²) in [6.45, 7) is 6.96. The third kappa shape index (κ3) is 6.53. The monoisotopic (exact) mass is 540 g/mol. The topological polar surface area (TPSA) is 34.6 Å². The standard InChI is InChI=1S/C30H34ClFN2O2S/c1-6-12-34(30-33-29(20(4)37-30)25-13-19(3)22(7-2)15-26(25)31)28(14-21-8-9-21)23-10-11-24(27(32)16-23)17-36-18-35-5/h1,10-11,13,15-16,21,28H,7-9,12,14,17-18H2,2-5H3. The van der Waals surface area contributed by atoms with Gasteiger partial charge in [-0.3, -0.25) is 0 Å². The molecule has 1 unspecified atom stereocenters. The number of thiazole rings is 1. The van der Waals surface area contributed by atoms with Crippen LogP contribution < -0.4 is 4.90 Å². The second-order valence-electron chi connectivity index (χ2n) is 9.65. The largest absolute Gasteiger partial charge is 0.359 e. The number of hydrogen-bond acceptors (Lipinski definition) is 5. The van der Waals surface area contributed by atoms with E-state index in [-0.39, 0.29) is 25.3 Å². The number of halogens is 2. The van der Waals surface area contributed by atoms with Crippen molar-refractivity contribution in [2.45, 2.75) is 59.1 Å². The van der Waals surface area contributed by atoms with Gasteiger partial charge < -0.3 is 14.4 Å². The molecule has 0 aliphatic heterocycles. The highest BCUT2D eigenvalue weighted by Gasteiger charge is 2.32.